The largest absolute Gasteiger partial charge is 0.298 e. The Morgan fingerprint density at radius 3 is 2.75 bits per heavy atom. The van der Waals surface area contributed by atoms with Crippen LogP contribution in [0.15, 0.2) is 41.4 Å². The zero-order valence-electron chi connectivity index (χ0n) is 15.9. The van der Waals surface area contributed by atoms with Crippen LogP contribution in [-0.2, 0) is 10.0 Å². The molecular formula is C20H27N3O2S3. The molecule has 0 aliphatic carbocycles. The van der Waals surface area contributed by atoms with E-state index in [1.165, 1.54) is 23.0 Å². The minimum atomic E-state index is -3.57. The number of fused-ring (bicyclic) bond motifs is 1. The van der Waals surface area contributed by atoms with Gasteiger partial charge >= 0.3 is 0 Å². The summed E-state index contributed by atoms with van der Waals surface area (Å²) in [6, 6.07) is 9.66. The van der Waals surface area contributed by atoms with Gasteiger partial charge in [0.2, 0.25) is 10.0 Å². The summed E-state index contributed by atoms with van der Waals surface area (Å²) in [6.45, 7) is 2.62. The van der Waals surface area contributed by atoms with Crippen molar-refractivity contribution in [2.75, 3.05) is 42.6 Å². The van der Waals surface area contributed by atoms with Crippen LogP contribution in [0, 0.1) is 5.92 Å². The molecule has 2 aromatic rings. The third-order valence-corrected chi connectivity index (χ3v) is 9.45. The van der Waals surface area contributed by atoms with E-state index in [1.54, 1.807) is 18.3 Å². The van der Waals surface area contributed by atoms with Gasteiger partial charge in [-0.05, 0) is 37.4 Å². The van der Waals surface area contributed by atoms with Gasteiger partial charge in [-0.1, -0.05) is 18.2 Å². The van der Waals surface area contributed by atoms with Crippen molar-refractivity contribution in [3.8, 4) is 0 Å². The van der Waals surface area contributed by atoms with Gasteiger partial charge < -0.3 is 0 Å². The highest BCUT2D eigenvalue weighted by Crippen LogP contribution is 2.26. The predicted octanol–water partition coefficient (Wildman–Crippen LogP) is 3.07. The van der Waals surface area contributed by atoms with Crippen LogP contribution in [-0.4, -0.2) is 67.0 Å². The van der Waals surface area contributed by atoms with Crippen molar-refractivity contribution in [2.45, 2.75) is 23.8 Å². The fourth-order valence-electron chi connectivity index (χ4n) is 4.01. The molecule has 152 valence electrons. The van der Waals surface area contributed by atoms with E-state index in [9.17, 15) is 8.42 Å². The number of nitrogens with one attached hydrogen (secondary N) is 1. The Bertz CT molecular complexity index is 893. The molecule has 4 rings (SSSR count). The summed E-state index contributed by atoms with van der Waals surface area (Å²) >= 11 is 4.11. The van der Waals surface area contributed by atoms with Crippen molar-refractivity contribution >= 4 is 44.4 Å². The molecule has 2 aliphatic rings. The summed E-state index contributed by atoms with van der Waals surface area (Å²) in [5.74, 6) is 5.26. The fraction of sp³-hybridized carbons (Fsp3) is 0.550. The zero-order chi connectivity index (χ0) is 19.4. The summed E-state index contributed by atoms with van der Waals surface area (Å²) < 4.78 is 28.8. The van der Waals surface area contributed by atoms with Crippen LogP contribution in [0.25, 0.3) is 10.9 Å². The average molecular weight is 438 g/mol. The smallest absolute Gasteiger partial charge is 0.242 e. The Labute approximate surface area is 176 Å². The molecule has 0 amide bonds. The minimum Gasteiger partial charge on any atom is -0.298 e. The summed E-state index contributed by atoms with van der Waals surface area (Å²) in [5.41, 5.74) is 0.537. The van der Waals surface area contributed by atoms with Crippen LogP contribution < -0.4 is 4.72 Å². The number of rotatable bonds is 5. The number of pyridine rings is 1. The second-order valence-corrected chi connectivity index (χ2v) is 11.5. The molecule has 3 heterocycles. The summed E-state index contributed by atoms with van der Waals surface area (Å²) in [4.78, 5) is 7.16. The van der Waals surface area contributed by atoms with Gasteiger partial charge in [0, 0.05) is 53.7 Å². The monoisotopic (exact) mass is 437 g/mol. The molecule has 1 aromatic heterocycles. The summed E-state index contributed by atoms with van der Waals surface area (Å²) in [5, 5.41) is 0.845. The first-order chi connectivity index (χ1) is 13.6. The van der Waals surface area contributed by atoms with E-state index in [4.69, 9.17) is 0 Å². The van der Waals surface area contributed by atoms with Gasteiger partial charge in [-0.3, -0.25) is 9.88 Å². The molecule has 2 fully saturated rings. The molecule has 1 aromatic carbocycles. The van der Waals surface area contributed by atoms with Crippen molar-refractivity contribution in [3.63, 3.8) is 0 Å². The molecule has 2 saturated heterocycles. The molecule has 2 aliphatic heterocycles. The van der Waals surface area contributed by atoms with E-state index >= 15 is 0 Å². The Kier molecular flexibility index (Phi) is 6.83. The third-order valence-electron chi connectivity index (χ3n) is 5.51. The molecule has 28 heavy (non-hydrogen) atoms. The maximum Gasteiger partial charge on any atom is 0.242 e. The van der Waals surface area contributed by atoms with Crippen LogP contribution in [0.2, 0.25) is 0 Å². The van der Waals surface area contributed by atoms with E-state index in [2.05, 4.69) is 38.1 Å². The summed E-state index contributed by atoms with van der Waals surface area (Å²) in [7, 11) is -3.57. The number of para-hydroxylation sites is 1. The lowest BCUT2D eigenvalue weighted by Gasteiger charge is -2.37. The molecule has 5 nitrogen and oxygen atoms in total. The molecule has 0 radical (unpaired) electrons. The molecule has 0 spiro atoms. The van der Waals surface area contributed by atoms with E-state index in [1.807, 2.05) is 18.2 Å². The molecule has 1 N–H and O–H groups in total. The van der Waals surface area contributed by atoms with Crippen LogP contribution >= 0.6 is 23.5 Å². The van der Waals surface area contributed by atoms with Gasteiger partial charge in [0.1, 0.15) is 4.90 Å². The number of aromatic nitrogens is 1. The van der Waals surface area contributed by atoms with Gasteiger partial charge in [-0.25, -0.2) is 13.1 Å². The standard InChI is InChI=1S/C20H27N3O2S3/c24-28(25,19-7-1-5-17-6-2-8-21-20(17)19)22-12-16-4-3-9-23(13-16)18-14-26-10-11-27-15-18/h1-2,5-8,16,18,22H,3-4,9-15H2. The normalized spacial score (nSPS) is 22.9. The maximum atomic E-state index is 12.9. The third kappa shape index (κ3) is 4.84. The highest BCUT2D eigenvalue weighted by atomic mass is 32.2. The van der Waals surface area contributed by atoms with Gasteiger partial charge in [-0.2, -0.15) is 23.5 Å². The van der Waals surface area contributed by atoms with Crippen LogP contribution in [0.4, 0.5) is 0 Å². The number of nitrogens with zero attached hydrogens (tertiary/aromatic N) is 2. The first kappa shape index (κ1) is 20.5. The fourth-order valence-corrected chi connectivity index (χ4v) is 7.93. The average Bonchev–Trinajstić information content (AvgIpc) is 3.02. The van der Waals surface area contributed by atoms with E-state index in [0.717, 1.165) is 31.3 Å². The predicted molar refractivity (Wildman–Crippen MR) is 120 cm³/mol. The summed E-state index contributed by atoms with van der Waals surface area (Å²) in [6.07, 6.45) is 3.87. The quantitative estimate of drug-likeness (QED) is 0.776. The number of hydrogen-bond acceptors (Lipinski definition) is 6. The molecular weight excluding hydrogens is 410 g/mol. The lowest BCUT2D eigenvalue weighted by molar-refractivity contribution is 0.146. The van der Waals surface area contributed by atoms with E-state index in [0.29, 0.717) is 24.0 Å². The number of benzene rings is 1. The number of likely N-dealkylation sites (tertiary alicyclic amines) is 1. The Balaban J connectivity index is 1.41. The Morgan fingerprint density at radius 1 is 1.14 bits per heavy atom. The van der Waals surface area contributed by atoms with Crippen molar-refractivity contribution in [3.05, 3.63) is 36.5 Å². The van der Waals surface area contributed by atoms with Crippen LogP contribution in [0.3, 0.4) is 0 Å². The minimum absolute atomic E-state index is 0.273. The number of hydrogen-bond donors (Lipinski definition) is 1. The second kappa shape index (κ2) is 9.34. The Hall–Kier alpha value is -0.800. The highest BCUT2D eigenvalue weighted by Gasteiger charge is 2.28. The molecule has 0 saturated carbocycles. The van der Waals surface area contributed by atoms with Crippen LogP contribution in [0.5, 0.6) is 0 Å². The molecule has 1 atom stereocenters. The highest BCUT2D eigenvalue weighted by molar-refractivity contribution is 8.03. The second-order valence-electron chi connectivity index (χ2n) is 7.49. The number of piperidine rings is 1. The van der Waals surface area contributed by atoms with Gasteiger partial charge in [0.15, 0.2) is 0 Å². The van der Waals surface area contributed by atoms with Crippen molar-refractivity contribution in [2.24, 2.45) is 5.92 Å². The lowest BCUT2D eigenvalue weighted by atomic mass is 9.97. The van der Waals surface area contributed by atoms with E-state index < -0.39 is 10.0 Å². The maximum absolute atomic E-state index is 12.9. The topological polar surface area (TPSA) is 62.3 Å². The SMILES string of the molecule is O=S(=O)(NCC1CCCN(C2CSCCSC2)C1)c1cccc2cccnc12. The number of sulfonamides is 1. The van der Waals surface area contributed by atoms with Crippen molar-refractivity contribution in [1.82, 2.24) is 14.6 Å². The first-order valence-corrected chi connectivity index (χ1v) is 13.7. The first-order valence-electron chi connectivity index (χ1n) is 9.86. The van der Waals surface area contributed by atoms with Gasteiger partial charge in [0.05, 0.1) is 5.52 Å². The number of thioether (sulfide) groups is 2. The van der Waals surface area contributed by atoms with Crippen molar-refractivity contribution in [1.29, 1.82) is 0 Å². The molecule has 0 bridgehead atoms. The van der Waals surface area contributed by atoms with Crippen LogP contribution in [0.1, 0.15) is 12.8 Å². The van der Waals surface area contributed by atoms with Gasteiger partial charge in [-0.15, -0.1) is 0 Å². The van der Waals surface area contributed by atoms with E-state index in [-0.39, 0.29) is 4.90 Å². The lowest BCUT2D eigenvalue weighted by Crippen LogP contribution is -2.47. The van der Waals surface area contributed by atoms with Crippen molar-refractivity contribution < 1.29 is 8.42 Å². The molecule has 8 heteroatoms. The zero-order valence-corrected chi connectivity index (χ0v) is 18.4. The molecule has 1 unspecified atom stereocenters. The Morgan fingerprint density at radius 2 is 1.93 bits per heavy atom. The van der Waals surface area contributed by atoms with Gasteiger partial charge in [0.25, 0.3) is 0 Å².